The lowest BCUT2D eigenvalue weighted by Gasteiger charge is -2.54. The SMILES string of the molecule is CN(C)c1c(Cl)cccc1CN1CC2N(C(=O)CN(C)N2C(=O)NCc2ccccc2)C(Cc2ccc(O)cc2)C1=O. The number of rotatable bonds is 7. The van der Waals surface area contributed by atoms with E-state index >= 15 is 0 Å². The third-order valence-electron chi connectivity index (χ3n) is 7.68. The van der Waals surface area contributed by atoms with Gasteiger partial charge in [-0.25, -0.2) is 14.8 Å². The number of carbonyl (C=O) groups excluding carboxylic acids is 3. The zero-order chi connectivity index (χ0) is 30.0. The summed E-state index contributed by atoms with van der Waals surface area (Å²) in [5, 5.41) is 16.5. The van der Waals surface area contributed by atoms with E-state index in [9.17, 15) is 19.5 Å². The smallest absolute Gasteiger partial charge is 0.334 e. The predicted molar refractivity (Wildman–Crippen MR) is 161 cm³/mol. The molecule has 2 N–H and O–H groups in total. The molecule has 0 spiro atoms. The van der Waals surface area contributed by atoms with E-state index in [1.807, 2.05) is 61.5 Å². The summed E-state index contributed by atoms with van der Waals surface area (Å²) < 4.78 is 0. The molecule has 2 aliphatic rings. The van der Waals surface area contributed by atoms with E-state index < -0.39 is 12.2 Å². The molecule has 42 heavy (non-hydrogen) atoms. The fourth-order valence-electron chi connectivity index (χ4n) is 5.75. The minimum absolute atomic E-state index is 0.0479. The summed E-state index contributed by atoms with van der Waals surface area (Å²) in [5.41, 5.74) is 3.39. The standard InChI is InChI=1S/C31H35ClN6O4/c1-34(2)29-23(10-7-11-25(29)32)18-36-19-27-37(26(30(36)41)16-21-12-14-24(39)15-13-21)28(40)20-35(3)38(27)31(42)33-17-22-8-5-4-6-9-22/h4-15,26-27,39H,16-20H2,1-3H3,(H,33,42). The molecule has 2 heterocycles. The van der Waals surface area contributed by atoms with Crippen LogP contribution in [0.3, 0.4) is 0 Å². The van der Waals surface area contributed by atoms with Crippen molar-refractivity contribution in [2.75, 3.05) is 39.1 Å². The van der Waals surface area contributed by atoms with Gasteiger partial charge in [-0.15, -0.1) is 0 Å². The van der Waals surface area contributed by atoms with Crippen LogP contribution < -0.4 is 10.2 Å². The lowest BCUT2D eigenvalue weighted by molar-refractivity contribution is -0.187. The van der Waals surface area contributed by atoms with Gasteiger partial charge in [0, 0.05) is 40.7 Å². The number of nitrogens with one attached hydrogen (secondary N) is 1. The number of phenolic OH excluding ortho intramolecular Hbond substituents is 1. The molecule has 11 heteroatoms. The van der Waals surface area contributed by atoms with Gasteiger partial charge in [0.05, 0.1) is 23.8 Å². The number of urea groups is 1. The van der Waals surface area contributed by atoms with Crippen LogP contribution in [0.15, 0.2) is 72.8 Å². The summed E-state index contributed by atoms with van der Waals surface area (Å²) in [5.74, 6) is -0.336. The lowest BCUT2D eigenvalue weighted by atomic mass is 9.98. The van der Waals surface area contributed by atoms with Crippen molar-refractivity contribution in [3.05, 3.63) is 94.5 Å². The van der Waals surface area contributed by atoms with Gasteiger partial charge in [0.15, 0.2) is 0 Å². The number of fused-ring (bicyclic) bond motifs is 1. The van der Waals surface area contributed by atoms with Crippen LogP contribution in [-0.4, -0.2) is 89.2 Å². The molecule has 2 atom stereocenters. The highest BCUT2D eigenvalue weighted by Crippen LogP contribution is 2.33. The number of hydrazine groups is 1. The summed E-state index contributed by atoms with van der Waals surface area (Å²) in [7, 11) is 5.49. The van der Waals surface area contributed by atoms with Crippen molar-refractivity contribution >= 4 is 35.1 Å². The molecule has 2 fully saturated rings. The number of para-hydroxylation sites is 1. The number of hydrogen-bond donors (Lipinski definition) is 2. The number of hydrogen-bond acceptors (Lipinski definition) is 6. The first-order chi connectivity index (χ1) is 20.1. The van der Waals surface area contributed by atoms with Crippen LogP contribution in [0.5, 0.6) is 5.75 Å². The molecule has 2 saturated heterocycles. The number of aromatic hydroxyl groups is 1. The Bertz CT molecular complexity index is 1450. The Morgan fingerprint density at radius 1 is 1.00 bits per heavy atom. The summed E-state index contributed by atoms with van der Waals surface area (Å²) in [6.45, 7) is 0.645. The Morgan fingerprint density at radius 3 is 2.40 bits per heavy atom. The zero-order valence-electron chi connectivity index (χ0n) is 23.9. The van der Waals surface area contributed by atoms with Crippen molar-refractivity contribution in [3.63, 3.8) is 0 Å². The van der Waals surface area contributed by atoms with E-state index in [0.29, 0.717) is 11.6 Å². The third-order valence-corrected chi connectivity index (χ3v) is 7.98. The minimum Gasteiger partial charge on any atom is -0.508 e. The summed E-state index contributed by atoms with van der Waals surface area (Å²) in [6.07, 6.45) is -0.495. The molecule has 2 unspecified atom stereocenters. The van der Waals surface area contributed by atoms with E-state index in [2.05, 4.69) is 5.32 Å². The van der Waals surface area contributed by atoms with E-state index in [1.54, 1.807) is 57.2 Å². The van der Waals surface area contributed by atoms with Gasteiger partial charge in [0.25, 0.3) is 0 Å². The van der Waals surface area contributed by atoms with Gasteiger partial charge in [-0.2, -0.15) is 0 Å². The number of anilines is 1. The largest absolute Gasteiger partial charge is 0.508 e. The number of carbonyl (C=O) groups is 3. The van der Waals surface area contributed by atoms with Crippen molar-refractivity contribution in [1.82, 2.24) is 25.1 Å². The second kappa shape index (κ2) is 12.3. The molecular formula is C31H35ClN6O4. The Labute approximate surface area is 250 Å². The Morgan fingerprint density at radius 2 is 1.71 bits per heavy atom. The molecule has 220 valence electrons. The molecule has 3 aromatic carbocycles. The van der Waals surface area contributed by atoms with Gasteiger partial charge in [-0.05, 0) is 34.9 Å². The normalized spacial score (nSPS) is 19.1. The third kappa shape index (κ3) is 6.00. The summed E-state index contributed by atoms with van der Waals surface area (Å²) >= 11 is 6.54. The number of halogens is 1. The Kier molecular flexibility index (Phi) is 8.56. The van der Waals surface area contributed by atoms with Crippen LogP contribution in [0, 0.1) is 0 Å². The molecule has 2 aliphatic heterocycles. The van der Waals surface area contributed by atoms with Crippen molar-refractivity contribution in [1.29, 1.82) is 0 Å². The molecule has 0 aromatic heterocycles. The summed E-state index contributed by atoms with van der Waals surface area (Å²) in [4.78, 5) is 46.5. The number of benzene rings is 3. The van der Waals surface area contributed by atoms with Crippen LogP contribution in [0.1, 0.15) is 16.7 Å². The number of amides is 4. The molecule has 0 bridgehead atoms. The zero-order valence-corrected chi connectivity index (χ0v) is 24.7. The van der Waals surface area contributed by atoms with Crippen molar-refractivity contribution < 1.29 is 19.5 Å². The quantitative estimate of drug-likeness (QED) is 0.438. The highest BCUT2D eigenvalue weighted by atomic mass is 35.5. The van der Waals surface area contributed by atoms with Crippen LogP contribution >= 0.6 is 11.6 Å². The molecule has 3 aromatic rings. The van der Waals surface area contributed by atoms with E-state index in [4.69, 9.17) is 11.6 Å². The maximum atomic E-state index is 14.1. The number of phenols is 1. The molecule has 5 rings (SSSR count). The van der Waals surface area contributed by atoms with Gasteiger partial charge < -0.3 is 25.1 Å². The Balaban J connectivity index is 1.49. The second-order valence-electron chi connectivity index (χ2n) is 10.8. The van der Waals surface area contributed by atoms with Gasteiger partial charge >= 0.3 is 6.03 Å². The van der Waals surface area contributed by atoms with Crippen molar-refractivity contribution in [2.24, 2.45) is 0 Å². The first-order valence-corrected chi connectivity index (χ1v) is 14.2. The van der Waals surface area contributed by atoms with Crippen LogP contribution in [0.2, 0.25) is 5.02 Å². The number of likely N-dealkylation sites (N-methyl/N-ethyl adjacent to an activating group) is 1. The minimum atomic E-state index is -0.846. The van der Waals surface area contributed by atoms with Crippen LogP contribution in [0.25, 0.3) is 0 Å². The second-order valence-corrected chi connectivity index (χ2v) is 11.2. The molecule has 10 nitrogen and oxygen atoms in total. The highest BCUT2D eigenvalue weighted by molar-refractivity contribution is 6.33. The lowest BCUT2D eigenvalue weighted by Crippen LogP contribution is -2.76. The van der Waals surface area contributed by atoms with Crippen molar-refractivity contribution in [2.45, 2.75) is 31.7 Å². The van der Waals surface area contributed by atoms with Crippen LogP contribution in [0.4, 0.5) is 10.5 Å². The van der Waals surface area contributed by atoms with Crippen molar-refractivity contribution in [3.8, 4) is 5.75 Å². The first-order valence-electron chi connectivity index (χ1n) is 13.8. The average Bonchev–Trinajstić information content (AvgIpc) is 2.95. The van der Waals surface area contributed by atoms with Gasteiger partial charge in [-0.3, -0.25) is 9.59 Å². The van der Waals surface area contributed by atoms with E-state index in [0.717, 1.165) is 22.4 Å². The topological polar surface area (TPSA) is 99.7 Å². The Hall–Kier alpha value is -4.28. The molecular weight excluding hydrogens is 556 g/mol. The highest BCUT2D eigenvalue weighted by Gasteiger charge is 2.50. The van der Waals surface area contributed by atoms with Gasteiger partial charge in [-0.1, -0.05) is 66.2 Å². The van der Waals surface area contributed by atoms with Gasteiger partial charge in [0.1, 0.15) is 18.0 Å². The maximum absolute atomic E-state index is 14.1. The average molecular weight is 591 g/mol. The van der Waals surface area contributed by atoms with Crippen LogP contribution in [-0.2, 0) is 29.1 Å². The predicted octanol–water partition coefficient (Wildman–Crippen LogP) is 3.29. The maximum Gasteiger partial charge on any atom is 0.334 e. The summed E-state index contributed by atoms with van der Waals surface area (Å²) in [6, 6.07) is 20.6. The number of nitrogens with zero attached hydrogens (tertiary/aromatic N) is 5. The van der Waals surface area contributed by atoms with E-state index in [-0.39, 0.29) is 49.7 Å². The first kappa shape index (κ1) is 29.2. The molecule has 4 amide bonds. The van der Waals surface area contributed by atoms with E-state index in [1.165, 1.54) is 0 Å². The fraction of sp³-hybridized carbons (Fsp3) is 0.323. The fourth-order valence-corrected chi connectivity index (χ4v) is 6.11. The monoisotopic (exact) mass is 590 g/mol. The molecule has 0 aliphatic carbocycles. The molecule has 0 saturated carbocycles. The number of piperazine rings is 1. The van der Waals surface area contributed by atoms with Gasteiger partial charge in [0.2, 0.25) is 11.8 Å². The molecule has 0 radical (unpaired) electrons.